The second-order valence-corrected chi connectivity index (χ2v) is 10.7. The van der Waals surface area contributed by atoms with Crippen LogP contribution in [0.1, 0.15) is 18.3 Å². The number of sulfonamides is 1. The zero-order valence-corrected chi connectivity index (χ0v) is 19.6. The standard InChI is InChI=1S/C20H24N6O4S2/c1-13-12-14(2)26-19(21-13)23-20(24-26)31-15(3)18(27)22-16-4-6-17(7-5-16)32(28,29)25-8-10-30-11-9-25/h4-7,12,15H,8-11H2,1-3H3,(H,22,27)/t15-/m1/s1. The normalized spacial score (nSPS) is 16.2. The van der Waals surface area contributed by atoms with Crippen LogP contribution in [0.4, 0.5) is 5.69 Å². The fourth-order valence-corrected chi connectivity index (χ4v) is 5.45. The number of amides is 1. The van der Waals surface area contributed by atoms with E-state index < -0.39 is 15.3 Å². The van der Waals surface area contributed by atoms with E-state index in [-0.39, 0.29) is 10.8 Å². The molecule has 1 aromatic carbocycles. The number of fused-ring (bicyclic) bond motifs is 1. The van der Waals surface area contributed by atoms with E-state index in [0.717, 1.165) is 11.4 Å². The van der Waals surface area contributed by atoms with Crippen LogP contribution >= 0.6 is 11.8 Å². The molecule has 1 aliphatic heterocycles. The van der Waals surface area contributed by atoms with Gasteiger partial charge in [0.05, 0.1) is 23.4 Å². The predicted octanol–water partition coefficient (Wildman–Crippen LogP) is 1.88. The van der Waals surface area contributed by atoms with Gasteiger partial charge in [-0.05, 0) is 51.1 Å². The molecule has 1 aliphatic rings. The molecule has 1 N–H and O–H groups in total. The molecule has 4 rings (SSSR count). The van der Waals surface area contributed by atoms with Crippen molar-refractivity contribution in [1.29, 1.82) is 0 Å². The first-order valence-electron chi connectivity index (χ1n) is 10.1. The summed E-state index contributed by atoms with van der Waals surface area (Å²) in [5, 5.41) is 7.21. The lowest BCUT2D eigenvalue weighted by molar-refractivity contribution is -0.115. The Kier molecular flexibility index (Phi) is 6.47. The molecule has 3 heterocycles. The van der Waals surface area contributed by atoms with Gasteiger partial charge in [0, 0.05) is 30.2 Å². The minimum atomic E-state index is -3.57. The lowest BCUT2D eigenvalue weighted by Gasteiger charge is -2.26. The van der Waals surface area contributed by atoms with Crippen molar-refractivity contribution in [3.05, 3.63) is 41.7 Å². The number of hydrogen-bond acceptors (Lipinski definition) is 8. The van der Waals surface area contributed by atoms with Crippen LogP contribution in [0.2, 0.25) is 0 Å². The van der Waals surface area contributed by atoms with Crippen molar-refractivity contribution < 1.29 is 17.9 Å². The van der Waals surface area contributed by atoms with Crippen molar-refractivity contribution in [1.82, 2.24) is 23.9 Å². The summed E-state index contributed by atoms with van der Waals surface area (Å²) in [6.45, 7) is 7.02. The Morgan fingerprint density at radius 1 is 1.16 bits per heavy atom. The predicted molar refractivity (Wildman–Crippen MR) is 120 cm³/mol. The number of hydrogen-bond donors (Lipinski definition) is 1. The quantitative estimate of drug-likeness (QED) is 0.536. The molecule has 10 nitrogen and oxygen atoms in total. The number of thioether (sulfide) groups is 1. The van der Waals surface area contributed by atoms with Gasteiger partial charge in [0.25, 0.3) is 5.78 Å². The lowest BCUT2D eigenvalue weighted by atomic mass is 10.3. The highest BCUT2D eigenvalue weighted by Crippen LogP contribution is 2.23. The molecule has 0 radical (unpaired) electrons. The number of anilines is 1. The summed E-state index contributed by atoms with van der Waals surface area (Å²) in [6.07, 6.45) is 0. The van der Waals surface area contributed by atoms with Gasteiger partial charge in [-0.1, -0.05) is 11.8 Å². The number of morpholine rings is 1. The first kappa shape index (κ1) is 22.6. The molecular formula is C20H24N6O4S2. The van der Waals surface area contributed by atoms with Gasteiger partial charge in [-0.2, -0.15) is 9.29 Å². The second kappa shape index (κ2) is 9.14. The van der Waals surface area contributed by atoms with Gasteiger partial charge in [-0.15, -0.1) is 5.10 Å². The molecule has 0 aliphatic carbocycles. The molecule has 1 saturated heterocycles. The average Bonchev–Trinajstić information content (AvgIpc) is 3.17. The maximum absolute atomic E-state index is 12.7. The third-order valence-electron chi connectivity index (χ3n) is 4.98. The van der Waals surface area contributed by atoms with E-state index in [4.69, 9.17) is 4.74 Å². The van der Waals surface area contributed by atoms with Gasteiger partial charge in [0.1, 0.15) is 0 Å². The van der Waals surface area contributed by atoms with E-state index in [2.05, 4.69) is 20.4 Å². The van der Waals surface area contributed by atoms with Crippen molar-refractivity contribution in [3.63, 3.8) is 0 Å². The Morgan fingerprint density at radius 2 is 1.84 bits per heavy atom. The molecule has 1 atom stereocenters. The van der Waals surface area contributed by atoms with Crippen LogP contribution in [0.15, 0.2) is 40.4 Å². The Labute approximate surface area is 190 Å². The molecule has 32 heavy (non-hydrogen) atoms. The lowest BCUT2D eigenvalue weighted by Crippen LogP contribution is -2.40. The molecular weight excluding hydrogens is 452 g/mol. The second-order valence-electron chi connectivity index (χ2n) is 7.44. The molecule has 3 aromatic rings. The van der Waals surface area contributed by atoms with Crippen LogP contribution < -0.4 is 5.32 Å². The zero-order valence-electron chi connectivity index (χ0n) is 18.0. The number of carbonyl (C=O) groups excluding carboxylic acids is 1. The Morgan fingerprint density at radius 3 is 2.53 bits per heavy atom. The number of aryl methyl sites for hydroxylation is 2. The first-order chi connectivity index (χ1) is 15.2. The first-order valence-corrected chi connectivity index (χ1v) is 12.4. The highest BCUT2D eigenvalue weighted by atomic mass is 32.2. The Bertz CT molecular complexity index is 1240. The van der Waals surface area contributed by atoms with Crippen molar-refractivity contribution in [3.8, 4) is 0 Å². The molecule has 0 bridgehead atoms. The van der Waals surface area contributed by atoms with Gasteiger partial charge in [-0.25, -0.2) is 17.9 Å². The number of carbonyl (C=O) groups is 1. The highest BCUT2D eigenvalue weighted by Gasteiger charge is 2.26. The summed E-state index contributed by atoms with van der Waals surface area (Å²) >= 11 is 1.23. The summed E-state index contributed by atoms with van der Waals surface area (Å²) in [6, 6.07) is 8.08. The van der Waals surface area contributed by atoms with Crippen LogP contribution in [-0.2, 0) is 19.6 Å². The van der Waals surface area contributed by atoms with E-state index in [1.54, 1.807) is 23.6 Å². The molecule has 12 heteroatoms. The SMILES string of the molecule is Cc1cc(C)n2nc(S[C@H](C)C(=O)Nc3ccc(S(=O)(=O)N4CCOCC4)cc3)nc2n1. The van der Waals surface area contributed by atoms with Gasteiger partial charge < -0.3 is 10.1 Å². The minimum absolute atomic E-state index is 0.187. The summed E-state index contributed by atoms with van der Waals surface area (Å²) in [7, 11) is -3.57. The number of nitrogens with zero attached hydrogens (tertiary/aromatic N) is 5. The molecule has 0 unspecified atom stereocenters. The number of ether oxygens (including phenoxy) is 1. The smallest absolute Gasteiger partial charge is 0.253 e. The fraction of sp³-hybridized carbons (Fsp3) is 0.400. The minimum Gasteiger partial charge on any atom is -0.379 e. The third kappa shape index (κ3) is 4.77. The number of nitrogens with one attached hydrogen (secondary N) is 1. The maximum atomic E-state index is 12.7. The van der Waals surface area contributed by atoms with Crippen LogP contribution in [-0.4, -0.2) is 69.8 Å². The zero-order chi connectivity index (χ0) is 22.9. The summed E-state index contributed by atoms with van der Waals surface area (Å²) < 4.78 is 33.7. The maximum Gasteiger partial charge on any atom is 0.253 e. The van der Waals surface area contributed by atoms with Gasteiger partial charge >= 0.3 is 0 Å². The number of aromatic nitrogens is 4. The fourth-order valence-electron chi connectivity index (χ4n) is 3.30. The summed E-state index contributed by atoms with van der Waals surface area (Å²) in [5.41, 5.74) is 2.28. The number of benzene rings is 1. The third-order valence-corrected chi connectivity index (χ3v) is 7.84. The van der Waals surface area contributed by atoms with E-state index in [0.29, 0.717) is 42.9 Å². The molecule has 0 spiro atoms. The number of rotatable bonds is 6. The molecule has 170 valence electrons. The summed E-state index contributed by atoms with van der Waals surface area (Å²) in [4.78, 5) is 21.6. The molecule has 2 aromatic heterocycles. The van der Waals surface area contributed by atoms with Crippen LogP contribution in [0.25, 0.3) is 5.78 Å². The molecule has 1 amide bonds. The summed E-state index contributed by atoms with van der Waals surface area (Å²) in [5.74, 6) is 0.258. The monoisotopic (exact) mass is 476 g/mol. The van der Waals surface area contributed by atoms with Crippen molar-refractivity contribution in [2.75, 3.05) is 31.6 Å². The van der Waals surface area contributed by atoms with Crippen LogP contribution in [0.5, 0.6) is 0 Å². The average molecular weight is 477 g/mol. The van der Waals surface area contributed by atoms with Crippen LogP contribution in [0.3, 0.4) is 0 Å². The van der Waals surface area contributed by atoms with Crippen molar-refractivity contribution >= 4 is 39.2 Å². The molecule has 0 saturated carbocycles. The van der Waals surface area contributed by atoms with Crippen molar-refractivity contribution in [2.24, 2.45) is 0 Å². The Balaban J connectivity index is 1.40. The van der Waals surface area contributed by atoms with E-state index >= 15 is 0 Å². The van der Waals surface area contributed by atoms with Gasteiger partial charge in [0.15, 0.2) is 0 Å². The van der Waals surface area contributed by atoms with Crippen molar-refractivity contribution in [2.45, 2.75) is 36.1 Å². The van der Waals surface area contributed by atoms with E-state index in [1.165, 1.54) is 28.2 Å². The van der Waals surface area contributed by atoms with E-state index in [9.17, 15) is 13.2 Å². The Hall–Kier alpha value is -2.54. The largest absolute Gasteiger partial charge is 0.379 e. The van der Waals surface area contributed by atoms with Crippen LogP contribution in [0, 0.1) is 13.8 Å². The highest BCUT2D eigenvalue weighted by molar-refractivity contribution is 8.00. The van der Waals surface area contributed by atoms with Gasteiger partial charge in [0.2, 0.25) is 21.1 Å². The topological polar surface area (TPSA) is 119 Å². The molecule has 1 fully saturated rings. The van der Waals surface area contributed by atoms with E-state index in [1.807, 2.05) is 19.9 Å². The van der Waals surface area contributed by atoms with Gasteiger partial charge in [-0.3, -0.25) is 4.79 Å².